The Labute approximate surface area is 111 Å². The largest absolute Gasteiger partial charge is 0.478 e. The second-order valence-electron chi connectivity index (χ2n) is 4.56. The quantitative estimate of drug-likeness (QED) is 0.467. The maximum absolute atomic E-state index is 11.8. The van der Waals surface area contributed by atoms with Crippen LogP contribution in [0, 0.1) is 0 Å². The number of aliphatic carboxylic acids is 1. The molecule has 0 aliphatic heterocycles. The van der Waals surface area contributed by atoms with Gasteiger partial charge in [-0.25, -0.2) is 4.79 Å². The van der Waals surface area contributed by atoms with E-state index in [9.17, 15) is 22.6 Å². The highest BCUT2D eigenvalue weighted by Gasteiger charge is 2.53. The zero-order chi connectivity index (χ0) is 15.6. The molecule has 0 rings (SSSR count). The second-order valence-corrected chi connectivity index (χ2v) is 6.53. The van der Waals surface area contributed by atoms with E-state index in [0.29, 0.717) is 0 Å². The molecule has 7 nitrogen and oxygen atoms in total. The minimum atomic E-state index is -4.72. The van der Waals surface area contributed by atoms with Crippen LogP contribution in [0.25, 0.3) is 0 Å². The first-order chi connectivity index (χ1) is 8.31. The van der Waals surface area contributed by atoms with E-state index in [1.165, 1.54) is 0 Å². The molecule has 0 radical (unpaired) electrons. The zero-order valence-corrected chi connectivity index (χ0v) is 11.7. The van der Waals surface area contributed by atoms with Gasteiger partial charge in [-0.15, -0.1) is 0 Å². The zero-order valence-electron chi connectivity index (χ0n) is 10.9. The molecule has 0 heterocycles. The molecule has 1 unspecified atom stereocenters. The minimum Gasteiger partial charge on any atom is -0.478 e. The fourth-order valence-electron chi connectivity index (χ4n) is 1.33. The predicted molar refractivity (Wildman–Crippen MR) is 69.1 cm³/mol. The summed E-state index contributed by atoms with van der Waals surface area (Å²) < 4.78 is 29.9. The molecule has 0 saturated carbocycles. The van der Waals surface area contributed by atoms with E-state index >= 15 is 0 Å². The van der Waals surface area contributed by atoms with Crippen LogP contribution in [0.3, 0.4) is 0 Å². The average molecular weight is 291 g/mol. The number of carbonyl (C=O) groups is 2. The summed E-state index contributed by atoms with van der Waals surface area (Å²) in [6.07, 6.45) is 1.58. The molecule has 0 amide bonds. The van der Waals surface area contributed by atoms with Gasteiger partial charge in [0, 0.05) is 5.57 Å². The number of nitrogens with two attached hydrogens (primary N) is 1. The third-order valence-corrected chi connectivity index (χ3v) is 4.64. The van der Waals surface area contributed by atoms with E-state index in [-0.39, 0.29) is 5.57 Å². The van der Waals surface area contributed by atoms with Gasteiger partial charge >= 0.3 is 5.97 Å². The Bertz CT molecular complexity index is 546. The van der Waals surface area contributed by atoms with Gasteiger partial charge in [0.15, 0.2) is 5.78 Å². The molecule has 1 atom stereocenters. The predicted octanol–water partition coefficient (Wildman–Crippen LogP) is 0.136. The van der Waals surface area contributed by atoms with Gasteiger partial charge in [-0.05, 0) is 32.9 Å². The van der Waals surface area contributed by atoms with Crippen LogP contribution >= 0.6 is 0 Å². The van der Waals surface area contributed by atoms with Crippen molar-refractivity contribution in [3.63, 3.8) is 0 Å². The van der Waals surface area contributed by atoms with Gasteiger partial charge in [-0.3, -0.25) is 9.35 Å². The van der Waals surface area contributed by atoms with Gasteiger partial charge in [0.1, 0.15) is 10.3 Å². The molecule has 0 spiro atoms. The maximum Gasteiger partial charge on any atom is 0.331 e. The molecule has 4 N–H and O–H groups in total. The van der Waals surface area contributed by atoms with Crippen molar-refractivity contribution in [3.8, 4) is 0 Å². The Hall–Kier alpha value is -1.51. The fourth-order valence-corrected chi connectivity index (χ4v) is 1.91. The summed E-state index contributed by atoms with van der Waals surface area (Å²) in [5, 5.41) is 8.80. The van der Waals surface area contributed by atoms with Crippen molar-refractivity contribution in [1.82, 2.24) is 0 Å². The molecule has 0 aromatic heterocycles. The monoisotopic (exact) mass is 291 g/mol. The molecular formula is C11H17NO6S. The highest BCUT2D eigenvalue weighted by Crippen LogP contribution is 2.31. The highest BCUT2D eigenvalue weighted by molar-refractivity contribution is 7.87. The average Bonchev–Trinajstić information content (AvgIpc) is 2.25. The first-order valence-corrected chi connectivity index (χ1v) is 6.60. The standard InChI is InChI=1S/C11H17NO6S/c1-5-8(13)11(12,6-7(2)9(14)15)10(3,4)19(16,17)18/h5-6H,1,12H2,2-4H3,(H,14,15)(H,16,17,18)/b7-6+. The molecule has 0 saturated heterocycles. The molecule has 108 valence electrons. The first kappa shape index (κ1) is 17.5. The molecular weight excluding hydrogens is 274 g/mol. The van der Waals surface area contributed by atoms with Crippen LogP contribution in [0.1, 0.15) is 20.8 Å². The van der Waals surface area contributed by atoms with Gasteiger partial charge in [0.05, 0.1) is 0 Å². The van der Waals surface area contributed by atoms with Crippen LogP contribution in [0.15, 0.2) is 24.3 Å². The molecule has 19 heavy (non-hydrogen) atoms. The number of carbonyl (C=O) groups excluding carboxylic acids is 1. The van der Waals surface area contributed by atoms with Crippen LogP contribution in [0.5, 0.6) is 0 Å². The summed E-state index contributed by atoms with van der Waals surface area (Å²) in [7, 11) is -4.72. The topological polar surface area (TPSA) is 135 Å². The lowest BCUT2D eigenvalue weighted by Gasteiger charge is -2.37. The second kappa shape index (κ2) is 5.24. The smallest absolute Gasteiger partial charge is 0.331 e. The van der Waals surface area contributed by atoms with Crippen molar-refractivity contribution < 1.29 is 27.7 Å². The molecule has 8 heteroatoms. The SMILES string of the molecule is C=CC(=O)C(N)(/C=C(\C)C(=O)O)C(C)(C)S(=O)(=O)O. The van der Waals surface area contributed by atoms with E-state index in [1.807, 2.05) is 0 Å². The fraction of sp³-hybridized carbons (Fsp3) is 0.455. The Morgan fingerprint density at radius 3 is 2.00 bits per heavy atom. The summed E-state index contributed by atoms with van der Waals surface area (Å²) in [5.74, 6) is -2.28. The molecule has 0 aliphatic carbocycles. The number of carboxylic acids is 1. The molecule has 0 aliphatic rings. The Balaban J connectivity index is 6.28. The lowest BCUT2D eigenvalue weighted by atomic mass is 9.81. The van der Waals surface area contributed by atoms with Gasteiger partial charge in [-0.2, -0.15) is 8.42 Å². The van der Waals surface area contributed by atoms with E-state index in [1.54, 1.807) is 0 Å². The summed E-state index contributed by atoms with van der Waals surface area (Å²) in [4.78, 5) is 22.6. The van der Waals surface area contributed by atoms with Gasteiger partial charge < -0.3 is 10.8 Å². The van der Waals surface area contributed by atoms with Crippen molar-refractivity contribution in [3.05, 3.63) is 24.3 Å². The van der Waals surface area contributed by atoms with Crippen LogP contribution in [-0.4, -0.2) is 40.1 Å². The maximum atomic E-state index is 11.8. The highest BCUT2D eigenvalue weighted by atomic mass is 32.2. The summed E-state index contributed by atoms with van der Waals surface area (Å²) in [5.41, 5.74) is 3.19. The molecule has 0 aromatic rings. The number of rotatable bonds is 6. The Morgan fingerprint density at radius 1 is 1.32 bits per heavy atom. The van der Waals surface area contributed by atoms with E-state index in [0.717, 1.165) is 32.9 Å². The van der Waals surface area contributed by atoms with E-state index in [2.05, 4.69) is 6.58 Å². The van der Waals surface area contributed by atoms with Crippen molar-refractivity contribution in [2.24, 2.45) is 5.73 Å². The number of hydrogen-bond donors (Lipinski definition) is 3. The first-order valence-electron chi connectivity index (χ1n) is 5.16. The third-order valence-electron chi connectivity index (χ3n) is 3.02. The van der Waals surface area contributed by atoms with E-state index in [4.69, 9.17) is 10.8 Å². The van der Waals surface area contributed by atoms with Crippen LogP contribution in [0.2, 0.25) is 0 Å². The molecule has 0 bridgehead atoms. The van der Waals surface area contributed by atoms with Gasteiger partial charge in [0.2, 0.25) is 0 Å². The summed E-state index contributed by atoms with van der Waals surface area (Å²) in [6, 6.07) is 0. The van der Waals surface area contributed by atoms with Crippen molar-refractivity contribution in [1.29, 1.82) is 0 Å². The van der Waals surface area contributed by atoms with Gasteiger partial charge in [-0.1, -0.05) is 6.58 Å². The summed E-state index contributed by atoms with van der Waals surface area (Å²) in [6.45, 7) is 6.39. The third kappa shape index (κ3) is 3.09. The Kier molecular flexibility index (Phi) is 4.82. The van der Waals surface area contributed by atoms with Crippen LogP contribution in [0.4, 0.5) is 0 Å². The number of carboxylic acid groups (broad SMARTS) is 1. The van der Waals surface area contributed by atoms with Crippen LogP contribution < -0.4 is 5.73 Å². The number of ketones is 1. The minimum absolute atomic E-state index is 0.325. The van der Waals surface area contributed by atoms with Crippen molar-refractivity contribution in [2.75, 3.05) is 0 Å². The lowest BCUT2D eigenvalue weighted by molar-refractivity contribution is -0.132. The van der Waals surface area contributed by atoms with Gasteiger partial charge in [0.25, 0.3) is 10.1 Å². The van der Waals surface area contributed by atoms with Crippen LogP contribution in [-0.2, 0) is 19.7 Å². The normalized spacial score (nSPS) is 16.6. The molecule has 0 aromatic carbocycles. The molecule has 0 fully saturated rings. The Morgan fingerprint density at radius 2 is 1.74 bits per heavy atom. The van der Waals surface area contributed by atoms with Crippen molar-refractivity contribution >= 4 is 21.9 Å². The van der Waals surface area contributed by atoms with Crippen molar-refractivity contribution in [2.45, 2.75) is 31.1 Å². The number of hydrogen-bond acceptors (Lipinski definition) is 5. The summed E-state index contributed by atoms with van der Waals surface area (Å²) >= 11 is 0. The lowest BCUT2D eigenvalue weighted by Crippen LogP contribution is -2.64. The van der Waals surface area contributed by atoms with E-state index < -0.39 is 32.2 Å².